The number of aliphatic hydroxyl groups is 1. The van der Waals surface area contributed by atoms with Gasteiger partial charge in [0, 0.05) is 26.0 Å². The molecule has 0 saturated heterocycles. The minimum Gasteiger partial charge on any atom is -0.396 e. The van der Waals surface area contributed by atoms with Gasteiger partial charge in [0.15, 0.2) is 0 Å². The standard InChI is InChI=1S/C12H16N4O2S/c1-7(17)3-6-16(2)12(18)10-8(13)9-11(19-10)15-5-4-14-9/h4-5,7,17H,3,6,13H2,1-2H3. The normalized spacial score (nSPS) is 12.6. The number of anilines is 1. The lowest BCUT2D eigenvalue weighted by Gasteiger charge is -2.17. The maximum absolute atomic E-state index is 12.3. The number of carbonyl (C=O) groups excluding carboxylic acids is 1. The third-order valence-electron chi connectivity index (χ3n) is 2.79. The molecule has 6 nitrogen and oxygen atoms in total. The molecule has 2 aromatic rings. The van der Waals surface area contributed by atoms with E-state index in [2.05, 4.69) is 9.97 Å². The van der Waals surface area contributed by atoms with Crippen LogP contribution >= 0.6 is 11.3 Å². The quantitative estimate of drug-likeness (QED) is 0.875. The summed E-state index contributed by atoms with van der Waals surface area (Å²) < 4.78 is 0. The molecule has 0 fully saturated rings. The van der Waals surface area contributed by atoms with Crippen molar-refractivity contribution in [3.8, 4) is 0 Å². The molecule has 3 N–H and O–H groups in total. The summed E-state index contributed by atoms with van der Waals surface area (Å²) in [6, 6.07) is 0. The van der Waals surface area contributed by atoms with Crippen molar-refractivity contribution in [1.29, 1.82) is 0 Å². The summed E-state index contributed by atoms with van der Waals surface area (Å²) in [5, 5.41) is 9.24. The molecule has 102 valence electrons. The number of amides is 1. The summed E-state index contributed by atoms with van der Waals surface area (Å²) in [5.74, 6) is -0.164. The highest BCUT2D eigenvalue weighted by molar-refractivity contribution is 7.21. The van der Waals surface area contributed by atoms with Crippen molar-refractivity contribution in [2.45, 2.75) is 19.4 Å². The van der Waals surface area contributed by atoms with Crippen molar-refractivity contribution < 1.29 is 9.90 Å². The smallest absolute Gasteiger partial charge is 0.265 e. The minimum absolute atomic E-state index is 0.164. The van der Waals surface area contributed by atoms with E-state index in [-0.39, 0.29) is 5.91 Å². The van der Waals surface area contributed by atoms with Gasteiger partial charge in [0.25, 0.3) is 5.91 Å². The van der Waals surface area contributed by atoms with Gasteiger partial charge >= 0.3 is 0 Å². The first-order valence-corrected chi connectivity index (χ1v) is 6.75. The second kappa shape index (κ2) is 5.50. The molecule has 2 aromatic heterocycles. The molecule has 0 aliphatic heterocycles. The molecule has 1 amide bonds. The van der Waals surface area contributed by atoms with Crippen LogP contribution in [0.2, 0.25) is 0 Å². The Hall–Kier alpha value is -1.73. The second-order valence-corrected chi connectivity index (χ2v) is 5.42. The highest BCUT2D eigenvalue weighted by Gasteiger charge is 2.20. The van der Waals surface area contributed by atoms with Gasteiger partial charge in [-0.2, -0.15) is 0 Å². The number of thiophene rings is 1. The van der Waals surface area contributed by atoms with Gasteiger partial charge in [-0.05, 0) is 13.3 Å². The number of aromatic nitrogens is 2. The Labute approximate surface area is 114 Å². The zero-order valence-electron chi connectivity index (χ0n) is 10.8. The summed E-state index contributed by atoms with van der Waals surface area (Å²) in [6.45, 7) is 2.17. The number of fused-ring (bicyclic) bond motifs is 1. The maximum atomic E-state index is 12.3. The molecule has 0 aliphatic carbocycles. The number of carbonyl (C=O) groups is 1. The van der Waals surface area contributed by atoms with Gasteiger partial charge in [0.2, 0.25) is 0 Å². The van der Waals surface area contributed by atoms with Crippen LogP contribution in [0.1, 0.15) is 23.0 Å². The summed E-state index contributed by atoms with van der Waals surface area (Å²) in [7, 11) is 1.69. The Kier molecular flexibility index (Phi) is 3.96. The van der Waals surface area contributed by atoms with Crippen molar-refractivity contribution in [2.75, 3.05) is 19.3 Å². The van der Waals surface area contributed by atoms with Gasteiger partial charge in [-0.1, -0.05) is 0 Å². The predicted octanol–water partition coefficient (Wildman–Crippen LogP) is 1.12. The van der Waals surface area contributed by atoms with Gasteiger partial charge in [-0.15, -0.1) is 11.3 Å². The Morgan fingerprint density at radius 1 is 1.53 bits per heavy atom. The van der Waals surface area contributed by atoms with E-state index in [4.69, 9.17) is 5.73 Å². The molecule has 0 bridgehead atoms. The largest absolute Gasteiger partial charge is 0.396 e. The Morgan fingerprint density at radius 2 is 2.21 bits per heavy atom. The number of rotatable bonds is 4. The number of nitrogens with two attached hydrogens (primary N) is 1. The van der Waals surface area contributed by atoms with Crippen LogP contribution < -0.4 is 5.73 Å². The van der Waals surface area contributed by atoms with E-state index in [1.165, 1.54) is 11.3 Å². The summed E-state index contributed by atoms with van der Waals surface area (Å²) in [5.41, 5.74) is 6.89. The van der Waals surface area contributed by atoms with Crippen LogP contribution in [0.25, 0.3) is 10.3 Å². The first kappa shape index (κ1) is 13.7. The van der Waals surface area contributed by atoms with Crippen LogP contribution in [0.4, 0.5) is 5.69 Å². The molecule has 1 unspecified atom stereocenters. The van der Waals surface area contributed by atoms with Crippen LogP contribution in [-0.4, -0.2) is 45.6 Å². The first-order valence-electron chi connectivity index (χ1n) is 5.93. The highest BCUT2D eigenvalue weighted by Crippen LogP contribution is 2.31. The van der Waals surface area contributed by atoms with E-state index in [0.29, 0.717) is 33.9 Å². The lowest BCUT2D eigenvalue weighted by molar-refractivity contribution is 0.0774. The summed E-state index contributed by atoms with van der Waals surface area (Å²) in [4.78, 5) is 23.2. The topological polar surface area (TPSA) is 92.3 Å². The molecular formula is C12H16N4O2S. The van der Waals surface area contributed by atoms with Gasteiger partial charge in [-0.25, -0.2) is 9.97 Å². The van der Waals surface area contributed by atoms with Crippen molar-refractivity contribution in [3.63, 3.8) is 0 Å². The van der Waals surface area contributed by atoms with Crippen molar-refractivity contribution in [2.24, 2.45) is 0 Å². The van der Waals surface area contributed by atoms with Gasteiger partial charge < -0.3 is 15.7 Å². The van der Waals surface area contributed by atoms with Gasteiger partial charge in [-0.3, -0.25) is 4.79 Å². The summed E-state index contributed by atoms with van der Waals surface area (Å²) >= 11 is 1.24. The molecule has 1 atom stereocenters. The van der Waals surface area contributed by atoms with E-state index >= 15 is 0 Å². The number of nitrogen functional groups attached to an aromatic ring is 1. The zero-order chi connectivity index (χ0) is 14.0. The number of aliphatic hydroxyl groups excluding tert-OH is 1. The first-order chi connectivity index (χ1) is 9.00. The number of hydrogen-bond donors (Lipinski definition) is 2. The summed E-state index contributed by atoms with van der Waals surface area (Å²) in [6.07, 6.45) is 3.22. The molecule has 7 heteroatoms. The van der Waals surface area contributed by atoms with E-state index in [9.17, 15) is 9.90 Å². The molecule has 19 heavy (non-hydrogen) atoms. The van der Waals surface area contributed by atoms with Gasteiger partial charge in [0.05, 0.1) is 11.8 Å². The van der Waals surface area contributed by atoms with E-state index in [1.54, 1.807) is 31.3 Å². The SMILES string of the molecule is CC(O)CCN(C)C(=O)c1sc2nccnc2c1N. The predicted molar refractivity (Wildman–Crippen MR) is 75.1 cm³/mol. The van der Waals surface area contributed by atoms with Crippen LogP contribution in [0, 0.1) is 0 Å². The number of hydrogen-bond acceptors (Lipinski definition) is 6. The Bertz CT molecular complexity index is 596. The van der Waals surface area contributed by atoms with Crippen molar-refractivity contribution in [1.82, 2.24) is 14.9 Å². The Morgan fingerprint density at radius 3 is 2.84 bits per heavy atom. The third-order valence-corrected chi connectivity index (χ3v) is 3.88. The van der Waals surface area contributed by atoms with Crippen molar-refractivity contribution >= 4 is 33.3 Å². The van der Waals surface area contributed by atoms with E-state index in [0.717, 1.165) is 0 Å². The molecule has 0 aromatic carbocycles. The second-order valence-electron chi connectivity index (χ2n) is 4.42. The molecule has 0 aliphatic rings. The van der Waals surface area contributed by atoms with Crippen LogP contribution in [0.5, 0.6) is 0 Å². The van der Waals surface area contributed by atoms with E-state index in [1.807, 2.05) is 0 Å². The molecule has 2 rings (SSSR count). The Balaban J connectivity index is 2.24. The monoisotopic (exact) mass is 280 g/mol. The molecule has 2 heterocycles. The third kappa shape index (κ3) is 2.82. The zero-order valence-corrected chi connectivity index (χ0v) is 11.6. The molecular weight excluding hydrogens is 264 g/mol. The highest BCUT2D eigenvalue weighted by atomic mass is 32.1. The molecule has 0 saturated carbocycles. The lowest BCUT2D eigenvalue weighted by Crippen LogP contribution is -2.29. The molecule has 0 radical (unpaired) electrons. The fourth-order valence-corrected chi connectivity index (χ4v) is 2.67. The average molecular weight is 280 g/mol. The lowest BCUT2D eigenvalue weighted by atomic mass is 10.2. The number of nitrogens with zero attached hydrogens (tertiary/aromatic N) is 3. The van der Waals surface area contributed by atoms with Crippen LogP contribution in [0.3, 0.4) is 0 Å². The van der Waals surface area contributed by atoms with Crippen LogP contribution in [0.15, 0.2) is 12.4 Å². The fourth-order valence-electron chi connectivity index (χ4n) is 1.66. The fraction of sp³-hybridized carbons (Fsp3) is 0.417. The average Bonchev–Trinajstić information content (AvgIpc) is 2.73. The minimum atomic E-state index is -0.432. The molecule has 0 spiro atoms. The van der Waals surface area contributed by atoms with Gasteiger partial charge in [0.1, 0.15) is 15.2 Å². The maximum Gasteiger partial charge on any atom is 0.265 e. The van der Waals surface area contributed by atoms with Crippen LogP contribution in [-0.2, 0) is 0 Å². The van der Waals surface area contributed by atoms with Crippen molar-refractivity contribution in [3.05, 3.63) is 17.3 Å². The van der Waals surface area contributed by atoms with E-state index < -0.39 is 6.10 Å².